The molecule has 17 heavy (non-hydrogen) atoms. The number of halogens is 1. The first-order valence-corrected chi connectivity index (χ1v) is 6.85. The van der Waals surface area contributed by atoms with Gasteiger partial charge < -0.3 is 10.2 Å². The van der Waals surface area contributed by atoms with Crippen molar-refractivity contribution in [3.63, 3.8) is 0 Å². The Morgan fingerprint density at radius 3 is 2.41 bits per heavy atom. The number of nitrogens with zero attached hydrogens (tertiary/aromatic N) is 1. The predicted molar refractivity (Wildman–Crippen MR) is 77.0 cm³/mol. The van der Waals surface area contributed by atoms with Gasteiger partial charge in [-0.15, -0.1) is 0 Å². The summed E-state index contributed by atoms with van der Waals surface area (Å²) in [7, 11) is 0. The quantitative estimate of drug-likeness (QED) is 0.758. The van der Waals surface area contributed by atoms with Crippen LogP contribution >= 0.6 is 11.6 Å². The fourth-order valence-electron chi connectivity index (χ4n) is 1.92. The summed E-state index contributed by atoms with van der Waals surface area (Å²) in [5, 5.41) is 4.19. The monoisotopic (exact) mass is 254 g/mol. The van der Waals surface area contributed by atoms with Gasteiger partial charge in [0.1, 0.15) is 0 Å². The van der Waals surface area contributed by atoms with Crippen molar-refractivity contribution in [3.8, 4) is 0 Å². The van der Waals surface area contributed by atoms with E-state index in [1.165, 1.54) is 25.9 Å². The van der Waals surface area contributed by atoms with Crippen LogP contribution in [0.5, 0.6) is 0 Å². The van der Waals surface area contributed by atoms with E-state index >= 15 is 0 Å². The molecule has 0 fully saturated rings. The van der Waals surface area contributed by atoms with Crippen LogP contribution in [-0.4, -0.2) is 31.1 Å². The number of nitrogens with one attached hydrogen (secondary N) is 1. The van der Waals surface area contributed by atoms with Crippen LogP contribution in [0.3, 0.4) is 0 Å². The molecule has 0 saturated carbocycles. The van der Waals surface area contributed by atoms with Gasteiger partial charge in [0.2, 0.25) is 0 Å². The van der Waals surface area contributed by atoms with Gasteiger partial charge in [-0.3, -0.25) is 0 Å². The molecule has 0 aliphatic carbocycles. The van der Waals surface area contributed by atoms with Gasteiger partial charge in [0.05, 0.1) is 0 Å². The average Bonchev–Trinajstić information content (AvgIpc) is 2.30. The van der Waals surface area contributed by atoms with Gasteiger partial charge in [-0.1, -0.05) is 31.5 Å². The van der Waals surface area contributed by atoms with Crippen molar-refractivity contribution in [1.29, 1.82) is 0 Å². The third-order valence-electron chi connectivity index (χ3n) is 2.66. The lowest BCUT2D eigenvalue weighted by Gasteiger charge is -2.21. The van der Waals surface area contributed by atoms with Crippen LogP contribution in [0.25, 0.3) is 0 Å². The van der Waals surface area contributed by atoms with E-state index in [9.17, 15) is 0 Å². The molecule has 1 N–H and O–H groups in total. The second-order valence-electron chi connectivity index (χ2n) is 4.28. The zero-order chi connectivity index (χ0) is 12.5. The Balaban J connectivity index is 2.30. The summed E-state index contributed by atoms with van der Waals surface area (Å²) in [6.45, 7) is 8.89. The molecule has 0 radical (unpaired) electrons. The third kappa shape index (κ3) is 5.94. The second kappa shape index (κ2) is 8.37. The Labute approximate surface area is 110 Å². The molecule has 0 unspecified atom stereocenters. The maximum Gasteiger partial charge on any atom is 0.0426 e. The molecule has 0 aliphatic rings. The minimum absolute atomic E-state index is 0.786. The Hall–Kier alpha value is -0.730. The van der Waals surface area contributed by atoms with E-state index < -0.39 is 0 Å². The fraction of sp³-hybridized carbons (Fsp3) is 0.571. The summed E-state index contributed by atoms with van der Waals surface area (Å²) in [6, 6.07) is 7.88. The maximum absolute atomic E-state index is 5.94. The van der Waals surface area contributed by atoms with Crippen LogP contribution in [0.4, 0.5) is 5.69 Å². The standard InChI is InChI=1S/C14H23ClN2/c1-3-9-17(10-4-2)11-8-16-14-7-5-6-13(15)12-14/h5-7,12,16H,3-4,8-11H2,1-2H3. The van der Waals surface area contributed by atoms with Crippen molar-refractivity contribution in [3.05, 3.63) is 29.3 Å². The lowest BCUT2D eigenvalue weighted by Crippen LogP contribution is -2.30. The van der Waals surface area contributed by atoms with Gasteiger partial charge in [0, 0.05) is 23.8 Å². The summed E-state index contributed by atoms with van der Waals surface area (Å²) < 4.78 is 0. The topological polar surface area (TPSA) is 15.3 Å². The first kappa shape index (κ1) is 14.3. The number of hydrogen-bond donors (Lipinski definition) is 1. The molecule has 1 aromatic carbocycles. The zero-order valence-electron chi connectivity index (χ0n) is 10.9. The van der Waals surface area contributed by atoms with Crippen molar-refractivity contribution in [2.24, 2.45) is 0 Å². The lowest BCUT2D eigenvalue weighted by atomic mass is 10.3. The summed E-state index contributed by atoms with van der Waals surface area (Å²) in [6.07, 6.45) is 2.44. The summed E-state index contributed by atoms with van der Waals surface area (Å²) in [5.41, 5.74) is 1.10. The van der Waals surface area contributed by atoms with Crippen LogP contribution < -0.4 is 5.32 Å². The Morgan fingerprint density at radius 1 is 1.12 bits per heavy atom. The minimum Gasteiger partial charge on any atom is -0.384 e. The number of anilines is 1. The van der Waals surface area contributed by atoms with Gasteiger partial charge in [-0.25, -0.2) is 0 Å². The van der Waals surface area contributed by atoms with Gasteiger partial charge in [0.25, 0.3) is 0 Å². The number of hydrogen-bond acceptors (Lipinski definition) is 2. The SMILES string of the molecule is CCCN(CCC)CCNc1cccc(Cl)c1. The van der Waals surface area contributed by atoms with Gasteiger partial charge >= 0.3 is 0 Å². The highest BCUT2D eigenvalue weighted by molar-refractivity contribution is 6.30. The molecule has 2 nitrogen and oxygen atoms in total. The fourth-order valence-corrected chi connectivity index (χ4v) is 2.11. The molecule has 0 saturated heterocycles. The predicted octanol–water partition coefficient (Wildman–Crippen LogP) is 3.87. The number of rotatable bonds is 8. The molecule has 0 heterocycles. The van der Waals surface area contributed by atoms with E-state index in [1.54, 1.807) is 0 Å². The lowest BCUT2D eigenvalue weighted by molar-refractivity contribution is 0.285. The van der Waals surface area contributed by atoms with E-state index in [-0.39, 0.29) is 0 Å². The van der Waals surface area contributed by atoms with Crippen LogP contribution in [0.15, 0.2) is 24.3 Å². The zero-order valence-corrected chi connectivity index (χ0v) is 11.6. The molecule has 1 aromatic rings. The smallest absolute Gasteiger partial charge is 0.0426 e. The van der Waals surface area contributed by atoms with Crippen molar-refractivity contribution >= 4 is 17.3 Å². The van der Waals surface area contributed by atoms with Crippen molar-refractivity contribution in [2.45, 2.75) is 26.7 Å². The summed E-state index contributed by atoms with van der Waals surface area (Å²) in [5.74, 6) is 0. The summed E-state index contributed by atoms with van der Waals surface area (Å²) in [4.78, 5) is 2.50. The first-order valence-electron chi connectivity index (χ1n) is 6.48. The highest BCUT2D eigenvalue weighted by Gasteiger charge is 2.01. The van der Waals surface area contributed by atoms with Crippen LogP contribution in [-0.2, 0) is 0 Å². The van der Waals surface area contributed by atoms with E-state index in [1.807, 2.05) is 18.2 Å². The van der Waals surface area contributed by atoms with Gasteiger partial charge in [-0.2, -0.15) is 0 Å². The molecule has 3 heteroatoms. The first-order chi connectivity index (χ1) is 8.26. The highest BCUT2D eigenvalue weighted by atomic mass is 35.5. The molecule has 0 atom stereocenters. The van der Waals surface area contributed by atoms with Crippen LogP contribution in [0.1, 0.15) is 26.7 Å². The molecule has 0 aliphatic heterocycles. The number of benzene rings is 1. The largest absolute Gasteiger partial charge is 0.384 e. The molecule has 0 spiro atoms. The molecular formula is C14H23ClN2. The van der Waals surface area contributed by atoms with Gasteiger partial charge in [0.15, 0.2) is 0 Å². The van der Waals surface area contributed by atoms with Crippen molar-refractivity contribution < 1.29 is 0 Å². The molecule has 0 amide bonds. The van der Waals surface area contributed by atoms with E-state index in [2.05, 4.69) is 30.1 Å². The molecule has 1 rings (SSSR count). The highest BCUT2D eigenvalue weighted by Crippen LogP contribution is 2.14. The van der Waals surface area contributed by atoms with E-state index in [0.29, 0.717) is 0 Å². The van der Waals surface area contributed by atoms with Crippen molar-refractivity contribution in [2.75, 3.05) is 31.5 Å². The Bertz CT molecular complexity index is 309. The summed E-state index contributed by atoms with van der Waals surface area (Å²) >= 11 is 5.94. The third-order valence-corrected chi connectivity index (χ3v) is 2.90. The molecule has 96 valence electrons. The van der Waals surface area contributed by atoms with Crippen molar-refractivity contribution in [1.82, 2.24) is 4.90 Å². The minimum atomic E-state index is 0.786. The molecular weight excluding hydrogens is 232 g/mol. The average molecular weight is 255 g/mol. The molecule has 0 aromatic heterocycles. The Kier molecular flexibility index (Phi) is 7.06. The molecule has 0 bridgehead atoms. The van der Waals surface area contributed by atoms with Gasteiger partial charge in [-0.05, 0) is 44.1 Å². The van der Waals surface area contributed by atoms with E-state index in [4.69, 9.17) is 11.6 Å². The maximum atomic E-state index is 5.94. The Morgan fingerprint density at radius 2 is 1.82 bits per heavy atom. The second-order valence-corrected chi connectivity index (χ2v) is 4.72. The van der Waals surface area contributed by atoms with Crippen LogP contribution in [0, 0.1) is 0 Å². The van der Waals surface area contributed by atoms with Crippen LogP contribution in [0.2, 0.25) is 5.02 Å². The van der Waals surface area contributed by atoms with E-state index in [0.717, 1.165) is 23.8 Å². The normalized spacial score (nSPS) is 10.8.